The van der Waals surface area contributed by atoms with Crippen LogP contribution in [0.25, 0.3) is 0 Å². The minimum absolute atomic E-state index is 0.172. The third-order valence-electron chi connectivity index (χ3n) is 4.20. The zero-order chi connectivity index (χ0) is 17.9. The van der Waals surface area contributed by atoms with E-state index in [-0.39, 0.29) is 23.4 Å². The predicted octanol–water partition coefficient (Wildman–Crippen LogP) is 2.60. The van der Waals surface area contributed by atoms with Crippen LogP contribution in [0, 0.1) is 12.8 Å². The summed E-state index contributed by atoms with van der Waals surface area (Å²) in [6, 6.07) is 8.37. The molecule has 3 rings (SSSR count). The number of esters is 1. The molecule has 1 aromatic heterocycles. The molecule has 1 fully saturated rings. The van der Waals surface area contributed by atoms with E-state index in [1.54, 1.807) is 30.3 Å². The second-order valence-corrected chi connectivity index (χ2v) is 8.96. The summed E-state index contributed by atoms with van der Waals surface area (Å²) in [4.78, 5) is 16.7. The quantitative estimate of drug-likeness (QED) is 0.745. The summed E-state index contributed by atoms with van der Waals surface area (Å²) < 4.78 is 31.9. The second-order valence-electron chi connectivity index (χ2n) is 5.96. The van der Waals surface area contributed by atoms with Crippen molar-refractivity contribution >= 4 is 27.3 Å². The summed E-state index contributed by atoms with van der Waals surface area (Å²) in [5.74, 6) is -0.538. The van der Waals surface area contributed by atoms with E-state index in [0.717, 1.165) is 10.7 Å². The standard InChI is InChI=1S/C17H20N2O4S2/c1-13-18-15(12-24-13)11-23-17(20)14-7-9-19(10-8-14)25(21,22)16-5-3-2-4-6-16/h2-6,12,14H,7-11H2,1H3. The van der Waals surface area contributed by atoms with Crippen molar-refractivity contribution in [2.75, 3.05) is 13.1 Å². The molecule has 25 heavy (non-hydrogen) atoms. The summed E-state index contributed by atoms with van der Waals surface area (Å²) >= 11 is 1.52. The van der Waals surface area contributed by atoms with Gasteiger partial charge in [-0.2, -0.15) is 4.31 Å². The van der Waals surface area contributed by atoms with Crippen molar-refractivity contribution in [3.63, 3.8) is 0 Å². The van der Waals surface area contributed by atoms with E-state index in [9.17, 15) is 13.2 Å². The van der Waals surface area contributed by atoms with E-state index >= 15 is 0 Å². The number of rotatable bonds is 5. The van der Waals surface area contributed by atoms with E-state index in [0.29, 0.717) is 25.9 Å². The highest BCUT2D eigenvalue weighted by Crippen LogP contribution is 2.24. The summed E-state index contributed by atoms with van der Waals surface area (Å²) in [7, 11) is -3.49. The summed E-state index contributed by atoms with van der Waals surface area (Å²) in [5, 5.41) is 2.81. The lowest BCUT2D eigenvalue weighted by molar-refractivity contribution is -0.151. The Bertz CT molecular complexity index is 825. The molecular formula is C17H20N2O4S2. The molecule has 1 aliphatic rings. The molecule has 8 heteroatoms. The monoisotopic (exact) mass is 380 g/mol. The van der Waals surface area contributed by atoms with E-state index < -0.39 is 10.0 Å². The first-order chi connectivity index (χ1) is 12.0. The maximum absolute atomic E-state index is 12.6. The normalized spacial score (nSPS) is 16.7. The Morgan fingerprint density at radius 1 is 1.28 bits per heavy atom. The van der Waals surface area contributed by atoms with Gasteiger partial charge in [-0.3, -0.25) is 4.79 Å². The molecule has 0 unspecified atom stereocenters. The van der Waals surface area contributed by atoms with Crippen molar-refractivity contribution in [3.05, 3.63) is 46.4 Å². The Labute approximate surface area is 151 Å². The zero-order valence-corrected chi connectivity index (χ0v) is 15.6. The van der Waals surface area contributed by atoms with E-state index in [2.05, 4.69) is 4.98 Å². The number of thiazole rings is 1. The van der Waals surface area contributed by atoms with Crippen LogP contribution < -0.4 is 0 Å². The lowest BCUT2D eigenvalue weighted by atomic mass is 9.98. The number of benzene rings is 1. The second kappa shape index (κ2) is 7.63. The van der Waals surface area contributed by atoms with Crippen LogP contribution in [0.1, 0.15) is 23.5 Å². The topological polar surface area (TPSA) is 76.6 Å². The SMILES string of the molecule is Cc1nc(COC(=O)C2CCN(S(=O)(=O)c3ccccc3)CC2)cs1. The highest BCUT2D eigenvalue weighted by Gasteiger charge is 2.32. The molecule has 0 radical (unpaired) electrons. The average molecular weight is 380 g/mol. The molecule has 6 nitrogen and oxygen atoms in total. The van der Waals surface area contributed by atoms with Crippen LogP contribution in [0.4, 0.5) is 0 Å². The Hall–Kier alpha value is -1.77. The van der Waals surface area contributed by atoms with Gasteiger partial charge >= 0.3 is 5.97 Å². The van der Waals surface area contributed by atoms with Crippen molar-refractivity contribution in [2.24, 2.45) is 5.92 Å². The number of nitrogens with zero attached hydrogens (tertiary/aromatic N) is 2. The van der Waals surface area contributed by atoms with Gasteiger partial charge in [0.15, 0.2) is 0 Å². The minimum Gasteiger partial charge on any atom is -0.459 e. The van der Waals surface area contributed by atoms with Crippen LogP contribution in [-0.4, -0.2) is 36.8 Å². The first-order valence-electron chi connectivity index (χ1n) is 8.09. The van der Waals surface area contributed by atoms with Crippen LogP contribution in [-0.2, 0) is 26.2 Å². The number of carbonyl (C=O) groups is 1. The largest absolute Gasteiger partial charge is 0.459 e. The molecule has 0 atom stereocenters. The van der Waals surface area contributed by atoms with Gasteiger partial charge in [-0.25, -0.2) is 13.4 Å². The van der Waals surface area contributed by atoms with Gasteiger partial charge < -0.3 is 4.74 Å². The highest BCUT2D eigenvalue weighted by molar-refractivity contribution is 7.89. The molecule has 1 aliphatic heterocycles. The molecule has 0 saturated carbocycles. The van der Waals surface area contributed by atoms with Crippen LogP contribution in [0.5, 0.6) is 0 Å². The smallest absolute Gasteiger partial charge is 0.309 e. The Balaban J connectivity index is 1.54. The fourth-order valence-corrected chi connectivity index (χ4v) is 4.90. The Morgan fingerprint density at radius 3 is 2.56 bits per heavy atom. The third-order valence-corrected chi connectivity index (χ3v) is 6.93. The number of piperidine rings is 1. The van der Waals surface area contributed by atoms with E-state index in [1.165, 1.54) is 15.6 Å². The maximum atomic E-state index is 12.6. The fraction of sp³-hybridized carbons (Fsp3) is 0.412. The van der Waals surface area contributed by atoms with Crippen molar-refractivity contribution in [3.8, 4) is 0 Å². The first kappa shape index (κ1) is 18.0. The summed E-state index contributed by atoms with van der Waals surface area (Å²) in [6.07, 6.45) is 0.946. The molecule has 2 aromatic rings. The van der Waals surface area contributed by atoms with Gasteiger partial charge in [0.1, 0.15) is 6.61 Å². The molecule has 0 amide bonds. The van der Waals surface area contributed by atoms with Crippen LogP contribution in [0.15, 0.2) is 40.6 Å². The van der Waals surface area contributed by atoms with Gasteiger partial charge in [-0.15, -0.1) is 11.3 Å². The summed E-state index contributed by atoms with van der Waals surface area (Å²) in [6.45, 7) is 2.73. The van der Waals surface area contributed by atoms with Crippen LogP contribution >= 0.6 is 11.3 Å². The first-order valence-corrected chi connectivity index (χ1v) is 10.4. The number of aromatic nitrogens is 1. The molecular weight excluding hydrogens is 360 g/mol. The molecule has 1 saturated heterocycles. The maximum Gasteiger partial charge on any atom is 0.309 e. The molecule has 134 valence electrons. The van der Waals surface area contributed by atoms with Crippen molar-refractivity contribution in [1.29, 1.82) is 0 Å². The van der Waals surface area contributed by atoms with Crippen molar-refractivity contribution < 1.29 is 17.9 Å². The van der Waals surface area contributed by atoms with Crippen molar-refractivity contribution in [1.82, 2.24) is 9.29 Å². The molecule has 1 aromatic carbocycles. The average Bonchev–Trinajstić information content (AvgIpc) is 3.06. The molecule has 0 N–H and O–H groups in total. The lowest BCUT2D eigenvalue weighted by Crippen LogP contribution is -2.40. The van der Waals surface area contributed by atoms with Gasteiger partial charge in [0.2, 0.25) is 10.0 Å². The Morgan fingerprint density at radius 2 is 1.96 bits per heavy atom. The number of sulfonamides is 1. The number of aryl methyl sites for hydroxylation is 1. The number of hydrogen-bond acceptors (Lipinski definition) is 6. The molecule has 0 aliphatic carbocycles. The minimum atomic E-state index is -3.49. The molecule has 2 heterocycles. The van der Waals surface area contributed by atoms with E-state index in [1.807, 2.05) is 12.3 Å². The van der Waals surface area contributed by atoms with Crippen molar-refractivity contribution in [2.45, 2.75) is 31.3 Å². The fourth-order valence-electron chi connectivity index (χ4n) is 2.81. The lowest BCUT2D eigenvalue weighted by Gasteiger charge is -2.30. The third kappa shape index (κ3) is 4.26. The Kier molecular flexibility index (Phi) is 5.51. The molecule has 0 spiro atoms. The molecule has 0 bridgehead atoms. The zero-order valence-electron chi connectivity index (χ0n) is 13.9. The highest BCUT2D eigenvalue weighted by atomic mass is 32.2. The van der Waals surface area contributed by atoms with Gasteiger partial charge in [0, 0.05) is 18.5 Å². The van der Waals surface area contributed by atoms with Gasteiger partial charge in [-0.05, 0) is 31.9 Å². The van der Waals surface area contributed by atoms with E-state index in [4.69, 9.17) is 4.74 Å². The number of carbonyl (C=O) groups excluding carboxylic acids is 1. The van der Waals surface area contributed by atoms with Crippen LogP contribution in [0.2, 0.25) is 0 Å². The van der Waals surface area contributed by atoms with Gasteiger partial charge in [-0.1, -0.05) is 18.2 Å². The predicted molar refractivity (Wildman–Crippen MR) is 94.6 cm³/mol. The van der Waals surface area contributed by atoms with Gasteiger partial charge in [0.05, 0.1) is 21.5 Å². The summed E-state index contributed by atoms with van der Waals surface area (Å²) in [5.41, 5.74) is 0.750. The van der Waals surface area contributed by atoms with Gasteiger partial charge in [0.25, 0.3) is 0 Å². The van der Waals surface area contributed by atoms with Crippen LogP contribution in [0.3, 0.4) is 0 Å². The number of hydrogen-bond donors (Lipinski definition) is 0. The number of ether oxygens (including phenoxy) is 1.